The monoisotopic (exact) mass is 794 g/mol. The van der Waals surface area contributed by atoms with E-state index in [1.165, 1.54) is 42.1 Å². The molecule has 2 N–H and O–H groups in total. The van der Waals surface area contributed by atoms with E-state index < -0.39 is 29.9 Å². The van der Waals surface area contributed by atoms with Crippen molar-refractivity contribution in [3.8, 4) is 16.9 Å². The van der Waals surface area contributed by atoms with Crippen LogP contribution in [0.1, 0.15) is 44.1 Å². The number of halogens is 5. The molecule has 4 aromatic rings. The molecule has 302 valence electrons. The molecule has 4 heterocycles. The van der Waals surface area contributed by atoms with Gasteiger partial charge in [0.05, 0.1) is 5.69 Å². The van der Waals surface area contributed by atoms with Gasteiger partial charge in [-0.25, -0.2) is 8.78 Å². The Balaban J connectivity index is 0.945. The second kappa shape index (κ2) is 16.2. The summed E-state index contributed by atoms with van der Waals surface area (Å²) in [5.74, 6) is -2.42. The zero-order valence-electron chi connectivity index (χ0n) is 31.5. The van der Waals surface area contributed by atoms with Crippen LogP contribution in [0.5, 0.6) is 5.75 Å². The van der Waals surface area contributed by atoms with Crippen molar-refractivity contribution in [3.05, 3.63) is 88.3 Å². The number of carbonyl (C=O) groups is 3. The number of hydrogen-bond acceptors (Lipinski definition) is 8. The number of aryl methyl sites for hydroxylation is 1. The Morgan fingerprint density at radius 1 is 0.912 bits per heavy atom. The van der Waals surface area contributed by atoms with Crippen molar-refractivity contribution in [3.63, 3.8) is 0 Å². The first-order valence-corrected chi connectivity index (χ1v) is 18.9. The molecule has 7 rings (SSSR count). The maximum Gasteiger partial charge on any atom is 0.573 e. The Morgan fingerprint density at radius 3 is 2.33 bits per heavy atom. The summed E-state index contributed by atoms with van der Waals surface area (Å²) in [6, 6.07) is 12.2. The number of nitrogens with one attached hydrogen (secondary N) is 2. The molecule has 1 unspecified atom stereocenters. The third-order valence-electron chi connectivity index (χ3n) is 11.3. The molecule has 3 aliphatic heterocycles. The number of benzene rings is 3. The lowest BCUT2D eigenvalue weighted by molar-refractivity contribution is -0.275. The maximum atomic E-state index is 15.2. The predicted molar refractivity (Wildman–Crippen MR) is 203 cm³/mol. The highest BCUT2D eigenvalue weighted by Gasteiger charge is 2.35. The van der Waals surface area contributed by atoms with E-state index in [1.54, 1.807) is 36.2 Å². The first-order chi connectivity index (χ1) is 27.1. The van der Waals surface area contributed by atoms with Gasteiger partial charge >= 0.3 is 6.36 Å². The number of carbonyl (C=O) groups excluding carboxylic acids is 3. The lowest BCUT2D eigenvalue weighted by Crippen LogP contribution is -2.49. The topological polar surface area (TPSA) is 116 Å². The van der Waals surface area contributed by atoms with E-state index in [4.69, 9.17) is 0 Å². The number of likely N-dealkylation sites (tertiary alicyclic amines) is 1. The van der Waals surface area contributed by atoms with Gasteiger partial charge in [0.2, 0.25) is 17.7 Å². The molecule has 3 saturated heterocycles. The van der Waals surface area contributed by atoms with E-state index in [0.29, 0.717) is 86.3 Å². The molecule has 0 aliphatic carbocycles. The normalized spacial score (nSPS) is 18.8. The van der Waals surface area contributed by atoms with Crippen LogP contribution in [0.4, 0.5) is 33.3 Å². The number of ether oxygens (including phenoxy) is 1. The molecule has 1 aromatic heterocycles. The van der Waals surface area contributed by atoms with E-state index in [-0.39, 0.29) is 58.8 Å². The molecule has 0 radical (unpaired) electrons. The van der Waals surface area contributed by atoms with Crippen LogP contribution in [0, 0.1) is 17.6 Å². The highest BCUT2D eigenvalue weighted by Crippen LogP contribution is 2.36. The first-order valence-electron chi connectivity index (χ1n) is 18.9. The van der Waals surface area contributed by atoms with Crippen molar-refractivity contribution in [2.45, 2.75) is 63.5 Å². The number of nitrogens with zero attached hydrogens (tertiary/aromatic N) is 4. The fourth-order valence-corrected chi connectivity index (χ4v) is 8.17. The summed E-state index contributed by atoms with van der Waals surface area (Å²) < 4.78 is 76.2. The van der Waals surface area contributed by atoms with Crippen molar-refractivity contribution in [1.82, 2.24) is 19.7 Å². The zero-order chi connectivity index (χ0) is 40.6. The van der Waals surface area contributed by atoms with E-state index in [1.807, 2.05) is 9.80 Å². The second-order valence-electron chi connectivity index (χ2n) is 15.1. The average molecular weight is 795 g/mol. The summed E-state index contributed by atoms with van der Waals surface area (Å²) in [6.45, 7) is 2.20. The van der Waals surface area contributed by atoms with Gasteiger partial charge in [-0.15, -0.1) is 13.2 Å². The minimum absolute atomic E-state index is 0.0135. The number of alkyl halides is 3. The lowest BCUT2D eigenvalue weighted by Gasteiger charge is -2.40. The third-order valence-corrected chi connectivity index (χ3v) is 11.3. The van der Waals surface area contributed by atoms with Crippen LogP contribution in [0.15, 0.2) is 65.6 Å². The van der Waals surface area contributed by atoms with Gasteiger partial charge in [0, 0.05) is 93.6 Å². The van der Waals surface area contributed by atoms with Crippen molar-refractivity contribution in [2.24, 2.45) is 13.0 Å². The molecule has 0 spiro atoms. The highest BCUT2D eigenvalue weighted by atomic mass is 19.4. The van der Waals surface area contributed by atoms with Crippen LogP contribution in [0.3, 0.4) is 0 Å². The van der Waals surface area contributed by atoms with Gasteiger partial charge < -0.3 is 24.4 Å². The number of fused-ring (bicyclic) bond motifs is 1. The predicted octanol–water partition coefficient (Wildman–Crippen LogP) is 5.94. The van der Waals surface area contributed by atoms with Crippen LogP contribution >= 0.6 is 0 Å². The molecule has 11 nitrogen and oxygen atoms in total. The zero-order valence-corrected chi connectivity index (χ0v) is 31.5. The molecule has 0 bridgehead atoms. The average Bonchev–Trinajstić information content (AvgIpc) is 3.17. The summed E-state index contributed by atoms with van der Waals surface area (Å²) in [4.78, 5) is 55.5. The molecular weight excluding hydrogens is 751 g/mol. The van der Waals surface area contributed by atoms with E-state index in [9.17, 15) is 36.7 Å². The Kier molecular flexibility index (Phi) is 11.3. The Hall–Kier alpha value is -5.51. The molecule has 16 heteroatoms. The summed E-state index contributed by atoms with van der Waals surface area (Å²) in [6.07, 6.45) is -0.646. The van der Waals surface area contributed by atoms with Crippen molar-refractivity contribution >= 4 is 39.9 Å². The van der Waals surface area contributed by atoms with Crippen LogP contribution in [0.2, 0.25) is 0 Å². The molecule has 0 saturated carbocycles. The van der Waals surface area contributed by atoms with Crippen molar-refractivity contribution in [2.75, 3.05) is 43.4 Å². The van der Waals surface area contributed by atoms with Crippen LogP contribution < -0.4 is 25.8 Å². The number of rotatable bonds is 9. The number of piperidine rings is 3. The third kappa shape index (κ3) is 8.90. The largest absolute Gasteiger partial charge is 0.573 e. The lowest BCUT2D eigenvalue weighted by atomic mass is 9.93. The Bertz CT molecular complexity index is 2250. The summed E-state index contributed by atoms with van der Waals surface area (Å²) in [5, 5.41) is 5.77. The molecule has 57 heavy (non-hydrogen) atoms. The number of aromatic nitrogens is 1. The first kappa shape index (κ1) is 39.7. The van der Waals surface area contributed by atoms with Crippen LogP contribution in [-0.4, -0.2) is 83.8 Å². The fourth-order valence-electron chi connectivity index (χ4n) is 8.17. The number of anilines is 2. The highest BCUT2D eigenvalue weighted by molar-refractivity contribution is 6.01. The number of pyridine rings is 1. The smallest absolute Gasteiger partial charge is 0.405 e. The van der Waals surface area contributed by atoms with Gasteiger partial charge in [-0.3, -0.25) is 29.4 Å². The maximum absolute atomic E-state index is 15.2. The quantitative estimate of drug-likeness (QED) is 0.158. The van der Waals surface area contributed by atoms with Gasteiger partial charge in [-0.1, -0.05) is 12.1 Å². The molecule has 3 amide bonds. The molecule has 1 atom stereocenters. The van der Waals surface area contributed by atoms with E-state index in [2.05, 4.69) is 15.4 Å². The molecule has 3 aromatic carbocycles. The molecule has 3 aliphatic rings. The molecule has 3 fully saturated rings. The minimum Gasteiger partial charge on any atom is -0.405 e. The van der Waals surface area contributed by atoms with Gasteiger partial charge in [0.1, 0.15) is 23.4 Å². The van der Waals surface area contributed by atoms with Gasteiger partial charge in [-0.2, -0.15) is 0 Å². The number of hydrogen-bond donors (Lipinski definition) is 2. The second-order valence-corrected chi connectivity index (χ2v) is 15.1. The van der Waals surface area contributed by atoms with Crippen LogP contribution in [0.25, 0.3) is 21.9 Å². The van der Waals surface area contributed by atoms with Crippen molar-refractivity contribution < 1.29 is 41.1 Å². The molecular formula is C41H43F5N6O5. The summed E-state index contributed by atoms with van der Waals surface area (Å²) in [7, 11) is 3.30. The van der Waals surface area contributed by atoms with Gasteiger partial charge in [0.15, 0.2) is 0 Å². The number of imide groups is 1. The van der Waals surface area contributed by atoms with Gasteiger partial charge in [0.25, 0.3) is 5.56 Å². The van der Waals surface area contributed by atoms with Gasteiger partial charge in [-0.05, 0) is 85.5 Å². The van der Waals surface area contributed by atoms with Crippen LogP contribution in [-0.2, 0) is 28.0 Å². The minimum atomic E-state index is -4.97. The summed E-state index contributed by atoms with van der Waals surface area (Å²) >= 11 is 0. The van der Waals surface area contributed by atoms with E-state index >= 15 is 4.39 Å². The number of amides is 3. The fraction of sp³-hybridized carbons (Fsp3) is 0.415. The summed E-state index contributed by atoms with van der Waals surface area (Å²) in [5.41, 5.74) is 1.50. The SMILES string of the molecule is CN(C(=O)C1CCN(c2ccc(NC3CCC(=O)NC3=O)cc2F)CC1)C1CCN(Cc2ccc(-c3cn(C)c(=O)c4ccc(F)cc34)cc2OC(F)(F)F)CC1. The Labute approximate surface area is 325 Å². The van der Waals surface area contributed by atoms with Crippen molar-refractivity contribution in [1.29, 1.82) is 0 Å². The standard InChI is InChI=1S/C41H43F5N6O5/c1-49-23-32(31-20-27(42)5-7-30(31)40(49)56)25-3-4-26(36(19-25)57-41(44,45)46)22-51-15-13-29(14-16-51)50(2)39(55)24-11-17-52(18-12-24)35-9-6-28(21-33(35)43)47-34-8-10-37(53)48-38(34)54/h3-7,9,19-21,23-24,29,34,47H,8,10-18,22H2,1-2H3,(H,48,53,54). The van der Waals surface area contributed by atoms with E-state index in [0.717, 1.165) is 6.07 Å². The Morgan fingerprint density at radius 2 is 1.65 bits per heavy atom.